The van der Waals surface area contributed by atoms with Crippen LogP contribution in [0.2, 0.25) is 5.02 Å². The highest BCUT2D eigenvalue weighted by Gasteiger charge is 2.37. The van der Waals surface area contributed by atoms with E-state index in [1.54, 1.807) is 23.1 Å². The lowest BCUT2D eigenvalue weighted by atomic mass is 9.74. The molecule has 2 N–H and O–H groups in total. The van der Waals surface area contributed by atoms with Gasteiger partial charge in [0, 0.05) is 28.3 Å². The van der Waals surface area contributed by atoms with Crippen molar-refractivity contribution < 1.29 is 4.79 Å². The predicted molar refractivity (Wildman–Crippen MR) is 105 cm³/mol. The normalized spacial score (nSPS) is 25.3. The van der Waals surface area contributed by atoms with Crippen molar-refractivity contribution >= 4 is 40.6 Å². The second kappa shape index (κ2) is 6.95. The van der Waals surface area contributed by atoms with Gasteiger partial charge in [0.25, 0.3) is 0 Å². The maximum Gasteiger partial charge on any atom is 0.248 e. The molecule has 3 fully saturated rings. The molecule has 3 nitrogen and oxygen atoms in total. The Morgan fingerprint density at radius 3 is 2.68 bits per heavy atom. The van der Waals surface area contributed by atoms with Gasteiger partial charge in [-0.2, -0.15) is 0 Å². The van der Waals surface area contributed by atoms with E-state index in [4.69, 9.17) is 17.3 Å². The summed E-state index contributed by atoms with van der Waals surface area (Å²) in [5.41, 5.74) is 8.65. The van der Waals surface area contributed by atoms with Gasteiger partial charge in [0.2, 0.25) is 5.91 Å². The van der Waals surface area contributed by atoms with E-state index >= 15 is 0 Å². The van der Waals surface area contributed by atoms with E-state index in [0.29, 0.717) is 17.4 Å². The summed E-state index contributed by atoms with van der Waals surface area (Å²) in [5, 5.41) is 2.74. The summed E-state index contributed by atoms with van der Waals surface area (Å²) >= 11 is 9.51. The van der Waals surface area contributed by atoms with Crippen LogP contribution in [0.5, 0.6) is 0 Å². The van der Waals surface area contributed by atoms with E-state index in [0.717, 1.165) is 17.1 Å². The van der Waals surface area contributed by atoms with Crippen LogP contribution in [-0.4, -0.2) is 30.4 Å². The lowest BCUT2D eigenvalue weighted by molar-refractivity contribution is 0.0857. The smallest absolute Gasteiger partial charge is 0.248 e. The minimum absolute atomic E-state index is 0.337. The number of benzene rings is 1. The van der Waals surface area contributed by atoms with Crippen molar-refractivity contribution in [3.63, 3.8) is 0 Å². The molecular weight excluding hydrogens is 372 g/mol. The summed E-state index contributed by atoms with van der Waals surface area (Å²) in [6, 6.07) is 5.95. The van der Waals surface area contributed by atoms with E-state index < -0.39 is 0 Å². The van der Waals surface area contributed by atoms with Gasteiger partial charge in [-0.25, -0.2) is 0 Å². The highest BCUT2D eigenvalue weighted by atomic mass is 35.5. The van der Waals surface area contributed by atoms with Gasteiger partial charge < -0.3 is 10.6 Å². The van der Waals surface area contributed by atoms with Gasteiger partial charge in [-0.1, -0.05) is 23.4 Å². The molecule has 0 saturated carbocycles. The fraction of sp³-hybridized carbons (Fsp3) is 0.421. The van der Waals surface area contributed by atoms with Crippen molar-refractivity contribution in [1.82, 2.24) is 4.90 Å². The van der Waals surface area contributed by atoms with Gasteiger partial charge in [0.1, 0.15) is 0 Å². The summed E-state index contributed by atoms with van der Waals surface area (Å²) in [7, 11) is 0. The molecule has 25 heavy (non-hydrogen) atoms. The number of hydrogen-bond donors (Lipinski definition) is 1. The highest BCUT2D eigenvalue weighted by Crippen LogP contribution is 2.46. The maximum atomic E-state index is 11.9. The third-order valence-corrected chi connectivity index (χ3v) is 8.02. The van der Waals surface area contributed by atoms with Gasteiger partial charge in [-0.05, 0) is 68.1 Å². The van der Waals surface area contributed by atoms with Crippen LogP contribution in [0.15, 0.2) is 32.7 Å². The van der Waals surface area contributed by atoms with E-state index in [1.165, 1.54) is 40.6 Å². The number of halogens is 1. The summed E-state index contributed by atoms with van der Waals surface area (Å²) in [6.45, 7) is 5.56. The van der Waals surface area contributed by atoms with Crippen LogP contribution in [0.25, 0.3) is 0 Å². The van der Waals surface area contributed by atoms with E-state index in [2.05, 4.69) is 17.9 Å². The number of carbonyl (C=O) groups excluding carboxylic acids is 1. The molecular formula is C19H21ClN2OS2. The predicted octanol–water partition coefficient (Wildman–Crippen LogP) is 4.77. The topological polar surface area (TPSA) is 46.3 Å². The van der Waals surface area contributed by atoms with Crippen LogP contribution in [0.3, 0.4) is 0 Å². The Kier molecular flexibility index (Phi) is 4.84. The van der Waals surface area contributed by atoms with Gasteiger partial charge in [-0.15, -0.1) is 11.3 Å². The zero-order valence-electron chi connectivity index (χ0n) is 14.1. The van der Waals surface area contributed by atoms with E-state index in [9.17, 15) is 4.79 Å². The molecule has 0 aliphatic carbocycles. The van der Waals surface area contributed by atoms with E-state index in [-0.39, 0.29) is 5.91 Å². The van der Waals surface area contributed by atoms with Crippen LogP contribution in [-0.2, 0) is 0 Å². The molecule has 0 spiro atoms. The number of nitrogens with two attached hydrogens (primary N) is 1. The minimum atomic E-state index is -0.337. The first-order chi connectivity index (χ1) is 12.0. The molecule has 5 rings (SSSR count). The second-order valence-electron chi connectivity index (χ2n) is 6.94. The molecule has 1 unspecified atom stereocenters. The Morgan fingerprint density at radius 1 is 1.36 bits per heavy atom. The Hall–Kier alpha value is -1.01. The molecule has 132 valence electrons. The van der Waals surface area contributed by atoms with Crippen molar-refractivity contribution in [1.29, 1.82) is 0 Å². The average molecular weight is 393 g/mol. The van der Waals surface area contributed by atoms with E-state index in [1.807, 2.05) is 17.5 Å². The van der Waals surface area contributed by atoms with Crippen LogP contribution in [0.4, 0.5) is 0 Å². The van der Waals surface area contributed by atoms with Crippen molar-refractivity contribution in [2.45, 2.75) is 34.8 Å². The number of primary amides is 1. The van der Waals surface area contributed by atoms with Crippen molar-refractivity contribution in [3.05, 3.63) is 45.3 Å². The minimum Gasteiger partial charge on any atom is -0.366 e. The molecule has 2 bridgehead atoms. The van der Waals surface area contributed by atoms with Crippen LogP contribution < -0.4 is 5.73 Å². The number of amides is 1. The molecule has 3 saturated heterocycles. The number of hydrogen-bond acceptors (Lipinski definition) is 4. The quantitative estimate of drug-likeness (QED) is 0.815. The SMILES string of the molecule is Cc1c(C(N)=O)ccc(Sc2cc(Cl)cs2)c1C1CN2CCC1CC2. The Labute approximate surface area is 161 Å². The largest absolute Gasteiger partial charge is 0.366 e. The van der Waals surface area contributed by atoms with Crippen molar-refractivity contribution in [2.24, 2.45) is 11.7 Å². The number of carbonyl (C=O) groups is 1. The maximum absolute atomic E-state index is 11.9. The lowest BCUT2D eigenvalue weighted by Crippen LogP contribution is -2.46. The summed E-state index contributed by atoms with van der Waals surface area (Å²) < 4.78 is 1.18. The highest BCUT2D eigenvalue weighted by molar-refractivity contribution is 8.01. The molecule has 1 aromatic carbocycles. The average Bonchev–Trinajstić information content (AvgIpc) is 3.00. The lowest BCUT2D eigenvalue weighted by Gasteiger charge is -2.46. The zero-order chi connectivity index (χ0) is 17.6. The molecule has 0 radical (unpaired) electrons. The first-order valence-corrected chi connectivity index (χ1v) is 10.7. The van der Waals surface area contributed by atoms with Crippen molar-refractivity contribution in [2.75, 3.05) is 19.6 Å². The molecule has 4 heterocycles. The second-order valence-corrected chi connectivity index (χ2v) is 9.63. The van der Waals surface area contributed by atoms with Gasteiger partial charge in [0.15, 0.2) is 0 Å². The summed E-state index contributed by atoms with van der Waals surface area (Å²) in [5.74, 6) is 0.855. The number of nitrogens with zero attached hydrogens (tertiary/aromatic N) is 1. The van der Waals surface area contributed by atoms with Crippen LogP contribution in [0.1, 0.15) is 40.2 Å². The molecule has 6 heteroatoms. The third kappa shape index (κ3) is 3.35. The Morgan fingerprint density at radius 2 is 2.12 bits per heavy atom. The molecule has 3 aliphatic rings. The van der Waals surface area contributed by atoms with Crippen LogP contribution >= 0.6 is 34.7 Å². The molecule has 1 atom stereocenters. The molecule has 3 aliphatic heterocycles. The van der Waals surface area contributed by atoms with Gasteiger partial charge in [0.05, 0.1) is 9.23 Å². The Balaban J connectivity index is 1.78. The fourth-order valence-corrected chi connectivity index (χ4v) is 6.69. The summed E-state index contributed by atoms with van der Waals surface area (Å²) in [6.07, 6.45) is 2.50. The van der Waals surface area contributed by atoms with Crippen LogP contribution in [0, 0.1) is 12.8 Å². The Bertz CT molecular complexity index is 812. The number of rotatable bonds is 4. The standard InChI is InChI=1S/C19H21ClN2OS2/c1-11-14(19(21)23)2-3-16(25-17-8-13(20)10-24-17)18(11)15-9-22-6-4-12(15)5-7-22/h2-3,8,10,12,15H,4-7,9H2,1H3,(H2,21,23). The van der Waals surface area contributed by atoms with Gasteiger partial charge in [-0.3, -0.25) is 4.79 Å². The molecule has 1 aromatic heterocycles. The number of thiophene rings is 1. The van der Waals surface area contributed by atoms with Gasteiger partial charge >= 0.3 is 0 Å². The first-order valence-electron chi connectivity index (χ1n) is 8.60. The third-order valence-electron chi connectivity index (χ3n) is 5.52. The summed E-state index contributed by atoms with van der Waals surface area (Å²) in [4.78, 5) is 15.7. The van der Waals surface area contributed by atoms with Crippen molar-refractivity contribution in [3.8, 4) is 0 Å². The number of fused-ring (bicyclic) bond motifs is 3. The first kappa shape index (κ1) is 17.4. The fourth-order valence-electron chi connectivity index (χ4n) is 4.27. The molecule has 2 aromatic rings. The number of piperidine rings is 3. The zero-order valence-corrected chi connectivity index (χ0v) is 16.5. The monoisotopic (exact) mass is 392 g/mol. The molecule has 1 amide bonds.